The second-order valence-electron chi connectivity index (χ2n) is 2.98. The highest BCUT2D eigenvalue weighted by Crippen LogP contribution is 2.17. The number of hydrogen-bond donors (Lipinski definition) is 1. The van der Waals surface area contributed by atoms with Gasteiger partial charge in [-0.15, -0.1) is 0 Å². The van der Waals surface area contributed by atoms with Crippen LogP contribution in [0.3, 0.4) is 0 Å². The SMILES string of the molecule is CNCCC#Cc1c(Cl)cccc1C=O. The molecule has 2 nitrogen and oxygen atoms in total. The smallest absolute Gasteiger partial charge is 0.151 e. The van der Waals surface area contributed by atoms with Crippen molar-refractivity contribution in [1.82, 2.24) is 5.32 Å². The zero-order chi connectivity index (χ0) is 11.1. The monoisotopic (exact) mass is 221 g/mol. The largest absolute Gasteiger partial charge is 0.319 e. The molecule has 0 heterocycles. The van der Waals surface area contributed by atoms with Gasteiger partial charge in [0.1, 0.15) is 0 Å². The standard InChI is InChI=1S/C12H12ClNO/c1-14-8-3-2-6-11-10(9-15)5-4-7-12(11)13/h4-5,7,9,14H,3,8H2,1H3. The number of carbonyl (C=O) groups excluding carboxylic acids is 1. The third-order valence-electron chi connectivity index (χ3n) is 1.89. The lowest BCUT2D eigenvalue weighted by Crippen LogP contribution is -2.05. The van der Waals surface area contributed by atoms with Crippen LogP contribution in [0.1, 0.15) is 22.3 Å². The predicted octanol–water partition coefficient (Wildman–Crippen LogP) is 2.11. The Morgan fingerprint density at radius 1 is 1.53 bits per heavy atom. The molecule has 0 unspecified atom stereocenters. The maximum Gasteiger partial charge on any atom is 0.151 e. The highest BCUT2D eigenvalue weighted by Gasteiger charge is 2.02. The Bertz CT molecular complexity index is 404. The Morgan fingerprint density at radius 2 is 2.33 bits per heavy atom. The van der Waals surface area contributed by atoms with Crippen molar-refractivity contribution >= 4 is 17.9 Å². The molecule has 1 aromatic carbocycles. The molecule has 1 aromatic rings. The highest BCUT2D eigenvalue weighted by molar-refractivity contribution is 6.32. The van der Waals surface area contributed by atoms with Crippen LogP contribution in [0.5, 0.6) is 0 Å². The first-order valence-electron chi connectivity index (χ1n) is 4.66. The van der Waals surface area contributed by atoms with Gasteiger partial charge in [0.2, 0.25) is 0 Å². The molecule has 0 bridgehead atoms. The fourth-order valence-corrected chi connectivity index (χ4v) is 1.34. The molecule has 0 fully saturated rings. The van der Waals surface area contributed by atoms with E-state index in [2.05, 4.69) is 17.2 Å². The molecule has 1 N–H and O–H groups in total. The van der Waals surface area contributed by atoms with Gasteiger partial charge < -0.3 is 5.32 Å². The van der Waals surface area contributed by atoms with Gasteiger partial charge in [-0.2, -0.15) is 0 Å². The quantitative estimate of drug-likeness (QED) is 0.481. The fraction of sp³-hybridized carbons (Fsp3) is 0.250. The summed E-state index contributed by atoms with van der Waals surface area (Å²) in [6.45, 7) is 0.827. The lowest BCUT2D eigenvalue weighted by atomic mass is 10.1. The van der Waals surface area contributed by atoms with Crippen LogP contribution in [0.15, 0.2) is 18.2 Å². The molecule has 0 atom stereocenters. The normalized spacial score (nSPS) is 9.20. The Morgan fingerprint density at radius 3 is 3.00 bits per heavy atom. The molecule has 0 amide bonds. The van der Waals surface area contributed by atoms with Crippen LogP contribution in [0, 0.1) is 11.8 Å². The van der Waals surface area contributed by atoms with Gasteiger partial charge in [-0.25, -0.2) is 0 Å². The van der Waals surface area contributed by atoms with Gasteiger partial charge in [0.15, 0.2) is 6.29 Å². The highest BCUT2D eigenvalue weighted by atomic mass is 35.5. The van der Waals surface area contributed by atoms with Gasteiger partial charge in [0.25, 0.3) is 0 Å². The number of nitrogens with one attached hydrogen (secondary N) is 1. The predicted molar refractivity (Wildman–Crippen MR) is 62.3 cm³/mol. The number of aldehydes is 1. The Balaban J connectivity index is 2.90. The summed E-state index contributed by atoms with van der Waals surface area (Å²) in [5, 5.41) is 3.52. The lowest BCUT2D eigenvalue weighted by Gasteiger charge is -1.98. The Labute approximate surface area is 94.6 Å². The number of benzene rings is 1. The van der Waals surface area contributed by atoms with Gasteiger partial charge in [-0.05, 0) is 13.1 Å². The van der Waals surface area contributed by atoms with Crippen molar-refractivity contribution < 1.29 is 4.79 Å². The van der Waals surface area contributed by atoms with Crippen LogP contribution in [-0.2, 0) is 0 Å². The van der Waals surface area contributed by atoms with Crippen LogP contribution in [-0.4, -0.2) is 19.9 Å². The molecule has 3 heteroatoms. The maximum absolute atomic E-state index is 10.7. The number of carbonyl (C=O) groups is 1. The minimum Gasteiger partial charge on any atom is -0.319 e. The molecule has 0 aliphatic carbocycles. The van der Waals surface area contributed by atoms with Gasteiger partial charge in [-0.3, -0.25) is 4.79 Å². The van der Waals surface area contributed by atoms with E-state index in [4.69, 9.17) is 11.6 Å². The number of hydrogen-bond acceptors (Lipinski definition) is 2. The van der Waals surface area contributed by atoms with E-state index in [1.807, 2.05) is 7.05 Å². The number of halogens is 1. The summed E-state index contributed by atoms with van der Waals surface area (Å²) in [7, 11) is 1.87. The summed E-state index contributed by atoms with van der Waals surface area (Å²) in [6.07, 6.45) is 1.51. The van der Waals surface area contributed by atoms with Crippen molar-refractivity contribution in [3.8, 4) is 11.8 Å². The zero-order valence-corrected chi connectivity index (χ0v) is 9.27. The van der Waals surface area contributed by atoms with E-state index < -0.39 is 0 Å². The van der Waals surface area contributed by atoms with Gasteiger partial charge in [0, 0.05) is 18.5 Å². The van der Waals surface area contributed by atoms with Crippen molar-refractivity contribution in [1.29, 1.82) is 0 Å². The third-order valence-corrected chi connectivity index (χ3v) is 2.20. The molecule has 0 aliphatic rings. The van der Waals surface area contributed by atoms with Crippen molar-refractivity contribution in [2.24, 2.45) is 0 Å². The van der Waals surface area contributed by atoms with E-state index in [1.54, 1.807) is 18.2 Å². The van der Waals surface area contributed by atoms with Crippen LogP contribution >= 0.6 is 11.6 Å². The van der Waals surface area contributed by atoms with Crippen LogP contribution in [0.2, 0.25) is 5.02 Å². The van der Waals surface area contributed by atoms with Crippen molar-refractivity contribution in [2.45, 2.75) is 6.42 Å². The van der Waals surface area contributed by atoms with E-state index in [1.165, 1.54) is 0 Å². The van der Waals surface area contributed by atoms with E-state index in [-0.39, 0.29) is 0 Å². The molecule has 0 aromatic heterocycles. The van der Waals surface area contributed by atoms with Gasteiger partial charge in [0.05, 0.1) is 10.6 Å². The van der Waals surface area contributed by atoms with E-state index >= 15 is 0 Å². The molecule has 78 valence electrons. The summed E-state index contributed by atoms with van der Waals surface area (Å²) in [6, 6.07) is 5.18. The van der Waals surface area contributed by atoms with Crippen LogP contribution in [0.4, 0.5) is 0 Å². The maximum atomic E-state index is 10.7. The average molecular weight is 222 g/mol. The average Bonchev–Trinajstić information content (AvgIpc) is 2.26. The summed E-state index contributed by atoms with van der Waals surface area (Å²) < 4.78 is 0. The molecule has 1 rings (SSSR count). The molecule has 0 spiro atoms. The number of rotatable bonds is 3. The van der Waals surface area contributed by atoms with E-state index in [0.29, 0.717) is 16.1 Å². The summed E-state index contributed by atoms with van der Waals surface area (Å²) >= 11 is 5.94. The minimum absolute atomic E-state index is 0.525. The third kappa shape index (κ3) is 3.39. The molecule has 0 aliphatic heterocycles. The molecule has 0 radical (unpaired) electrons. The van der Waals surface area contributed by atoms with Crippen molar-refractivity contribution in [2.75, 3.05) is 13.6 Å². The van der Waals surface area contributed by atoms with Crippen molar-refractivity contribution in [3.05, 3.63) is 34.3 Å². The van der Waals surface area contributed by atoms with Crippen molar-refractivity contribution in [3.63, 3.8) is 0 Å². The van der Waals surface area contributed by atoms with E-state index in [0.717, 1.165) is 19.3 Å². The summed E-state index contributed by atoms with van der Waals surface area (Å²) in [5.74, 6) is 5.88. The molecule has 15 heavy (non-hydrogen) atoms. The fourth-order valence-electron chi connectivity index (χ4n) is 1.11. The Kier molecular flexibility index (Phi) is 4.89. The Hall–Kier alpha value is -1.30. The molecule has 0 saturated carbocycles. The molecular formula is C12H12ClNO. The van der Waals surface area contributed by atoms with Crippen LogP contribution in [0.25, 0.3) is 0 Å². The van der Waals surface area contributed by atoms with Gasteiger partial charge >= 0.3 is 0 Å². The van der Waals surface area contributed by atoms with Gasteiger partial charge in [-0.1, -0.05) is 35.6 Å². The first kappa shape index (κ1) is 11.8. The second kappa shape index (κ2) is 6.23. The summed E-state index contributed by atoms with van der Waals surface area (Å²) in [4.78, 5) is 10.7. The lowest BCUT2D eigenvalue weighted by molar-refractivity contribution is 0.112. The molecule has 0 saturated heterocycles. The minimum atomic E-state index is 0.525. The first-order chi connectivity index (χ1) is 7.29. The zero-order valence-electron chi connectivity index (χ0n) is 8.51. The summed E-state index contributed by atoms with van der Waals surface area (Å²) in [5.41, 5.74) is 1.16. The second-order valence-corrected chi connectivity index (χ2v) is 3.38. The van der Waals surface area contributed by atoms with E-state index in [9.17, 15) is 4.79 Å². The van der Waals surface area contributed by atoms with Crippen LogP contribution < -0.4 is 5.32 Å². The topological polar surface area (TPSA) is 29.1 Å². The molecular weight excluding hydrogens is 210 g/mol. The first-order valence-corrected chi connectivity index (χ1v) is 5.04.